The molecular formula is C14H14N4OS. The van der Waals surface area contributed by atoms with E-state index in [1.807, 2.05) is 43.5 Å². The normalized spacial score (nSPS) is 10.9. The lowest BCUT2D eigenvalue weighted by Crippen LogP contribution is -2.27. The Morgan fingerprint density at radius 1 is 1.35 bits per heavy atom. The molecule has 3 rings (SSSR count). The number of nitrogens with zero attached hydrogens (tertiary/aromatic N) is 4. The van der Waals surface area contributed by atoms with Gasteiger partial charge >= 0.3 is 0 Å². The molecule has 0 aliphatic carbocycles. The number of fused-ring (bicyclic) bond motifs is 1. The lowest BCUT2D eigenvalue weighted by molar-refractivity contribution is -0.116. The smallest absolute Gasteiger partial charge is 0.225 e. The van der Waals surface area contributed by atoms with Gasteiger partial charge in [0.05, 0.1) is 11.9 Å². The van der Waals surface area contributed by atoms with E-state index in [9.17, 15) is 4.79 Å². The molecule has 1 amide bonds. The Kier molecular flexibility index (Phi) is 3.23. The van der Waals surface area contributed by atoms with Crippen molar-refractivity contribution in [3.63, 3.8) is 0 Å². The van der Waals surface area contributed by atoms with Gasteiger partial charge < -0.3 is 0 Å². The van der Waals surface area contributed by atoms with Gasteiger partial charge in [0.15, 0.2) is 0 Å². The van der Waals surface area contributed by atoms with Crippen LogP contribution in [-0.4, -0.2) is 27.0 Å². The minimum Gasteiger partial charge on any atom is -0.287 e. The molecule has 2 aromatic heterocycles. The molecule has 0 radical (unpaired) electrons. The van der Waals surface area contributed by atoms with Crippen molar-refractivity contribution >= 4 is 27.3 Å². The Balaban J connectivity index is 1.99. The van der Waals surface area contributed by atoms with Crippen molar-refractivity contribution in [1.29, 1.82) is 0 Å². The van der Waals surface area contributed by atoms with Crippen molar-refractivity contribution < 1.29 is 4.79 Å². The first-order valence-corrected chi connectivity index (χ1v) is 7.20. The molecule has 102 valence electrons. The summed E-state index contributed by atoms with van der Waals surface area (Å²) in [5, 5.41) is 5.11. The molecule has 0 unspecified atom stereocenters. The molecule has 0 atom stereocenters. The highest BCUT2D eigenvalue weighted by atomic mass is 32.1. The van der Waals surface area contributed by atoms with Crippen LogP contribution >= 0.6 is 11.3 Å². The third-order valence-corrected chi connectivity index (χ3v) is 3.97. The van der Waals surface area contributed by atoms with Gasteiger partial charge in [0, 0.05) is 19.0 Å². The van der Waals surface area contributed by atoms with Gasteiger partial charge in [0.2, 0.25) is 16.0 Å². The SMILES string of the molecule is CCN(C(C)=O)c1nn2cc(-c3ccccc3)nc2s1. The van der Waals surface area contributed by atoms with Gasteiger partial charge in [-0.1, -0.05) is 41.7 Å². The van der Waals surface area contributed by atoms with Gasteiger partial charge in [0.25, 0.3) is 0 Å². The van der Waals surface area contributed by atoms with Crippen LogP contribution in [0.1, 0.15) is 13.8 Å². The van der Waals surface area contributed by atoms with Crippen LogP contribution in [0.4, 0.5) is 5.13 Å². The molecule has 0 bridgehead atoms. The quantitative estimate of drug-likeness (QED) is 0.744. The topological polar surface area (TPSA) is 50.5 Å². The average Bonchev–Trinajstić information content (AvgIpc) is 2.98. The van der Waals surface area contributed by atoms with Crippen LogP contribution in [0.5, 0.6) is 0 Å². The monoisotopic (exact) mass is 286 g/mol. The molecule has 2 heterocycles. The summed E-state index contributed by atoms with van der Waals surface area (Å²) in [5.74, 6) is -0.00668. The predicted molar refractivity (Wildman–Crippen MR) is 80.0 cm³/mol. The number of imidazole rings is 1. The summed E-state index contributed by atoms with van der Waals surface area (Å²) in [4.78, 5) is 18.5. The molecule has 5 nitrogen and oxygen atoms in total. The molecule has 0 aliphatic rings. The van der Waals surface area contributed by atoms with Crippen LogP contribution in [0, 0.1) is 0 Å². The zero-order valence-corrected chi connectivity index (χ0v) is 12.1. The van der Waals surface area contributed by atoms with Crippen molar-refractivity contribution in [2.24, 2.45) is 0 Å². The maximum Gasteiger partial charge on any atom is 0.225 e. The van der Waals surface area contributed by atoms with Gasteiger partial charge in [-0.25, -0.2) is 9.50 Å². The number of rotatable bonds is 3. The van der Waals surface area contributed by atoms with Crippen LogP contribution in [-0.2, 0) is 4.79 Å². The number of benzene rings is 1. The first-order chi connectivity index (χ1) is 9.69. The van der Waals surface area contributed by atoms with Crippen LogP contribution < -0.4 is 4.90 Å². The maximum atomic E-state index is 11.5. The van der Waals surface area contributed by atoms with E-state index in [4.69, 9.17) is 0 Å². The van der Waals surface area contributed by atoms with Gasteiger partial charge in [0.1, 0.15) is 0 Å². The van der Waals surface area contributed by atoms with Crippen molar-refractivity contribution in [3.8, 4) is 11.3 Å². The first kappa shape index (κ1) is 12.8. The van der Waals surface area contributed by atoms with Crippen LogP contribution in [0.25, 0.3) is 16.2 Å². The molecule has 0 spiro atoms. The molecule has 0 saturated carbocycles. The van der Waals surface area contributed by atoms with Gasteiger partial charge in [-0.15, -0.1) is 5.10 Å². The minimum absolute atomic E-state index is 0.00668. The zero-order chi connectivity index (χ0) is 14.1. The maximum absolute atomic E-state index is 11.5. The molecule has 0 fully saturated rings. The van der Waals surface area contributed by atoms with Crippen molar-refractivity contribution in [3.05, 3.63) is 36.5 Å². The number of aromatic nitrogens is 3. The van der Waals surface area contributed by atoms with E-state index in [1.165, 1.54) is 11.3 Å². The first-order valence-electron chi connectivity index (χ1n) is 6.38. The molecule has 6 heteroatoms. The zero-order valence-electron chi connectivity index (χ0n) is 11.3. The van der Waals surface area contributed by atoms with Crippen LogP contribution in [0.15, 0.2) is 36.5 Å². The standard InChI is InChI=1S/C14H14N4OS/c1-3-17(10(2)19)14-16-18-9-12(15-13(18)20-14)11-7-5-4-6-8-11/h4-9H,3H2,1-2H3. The molecule has 20 heavy (non-hydrogen) atoms. The van der Waals surface area contributed by atoms with E-state index >= 15 is 0 Å². The summed E-state index contributed by atoms with van der Waals surface area (Å²) in [6, 6.07) is 9.97. The lowest BCUT2D eigenvalue weighted by atomic mass is 10.2. The summed E-state index contributed by atoms with van der Waals surface area (Å²) in [6.45, 7) is 4.08. The number of hydrogen-bond donors (Lipinski definition) is 0. The number of carbonyl (C=O) groups excluding carboxylic acids is 1. The number of hydrogen-bond acceptors (Lipinski definition) is 4. The van der Waals surface area contributed by atoms with Crippen molar-refractivity contribution in [2.75, 3.05) is 11.4 Å². The van der Waals surface area contributed by atoms with E-state index in [0.717, 1.165) is 16.2 Å². The Morgan fingerprint density at radius 3 is 2.70 bits per heavy atom. The summed E-state index contributed by atoms with van der Waals surface area (Å²) >= 11 is 1.42. The second-order valence-corrected chi connectivity index (χ2v) is 5.30. The second-order valence-electron chi connectivity index (χ2n) is 4.37. The fourth-order valence-corrected chi connectivity index (χ4v) is 3.03. The molecule has 0 N–H and O–H groups in total. The fourth-order valence-electron chi connectivity index (χ4n) is 2.04. The molecule has 0 aliphatic heterocycles. The number of carbonyl (C=O) groups is 1. The summed E-state index contributed by atoms with van der Waals surface area (Å²) in [6.07, 6.45) is 1.89. The van der Waals surface area contributed by atoms with E-state index in [0.29, 0.717) is 11.7 Å². The van der Waals surface area contributed by atoms with Gasteiger partial charge in [-0.05, 0) is 6.92 Å². The third-order valence-electron chi connectivity index (χ3n) is 3.03. The van der Waals surface area contributed by atoms with Crippen molar-refractivity contribution in [1.82, 2.24) is 14.6 Å². The molecular weight excluding hydrogens is 272 g/mol. The Labute approximate surface area is 120 Å². The Hall–Kier alpha value is -2.21. The second kappa shape index (κ2) is 5.05. The van der Waals surface area contributed by atoms with E-state index < -0.39 is 0 Å². The van der Waals surface area contributed by atoms with Gasteiger partial charge in [-0.3, -0.25) is 9.69 Å². The molecule has 1 aromatic carbocycles. The van der Waals surface area contributed by atoms with Gasteiger partial charge in [-0.2, -0.15) is 0 Å². The number of anilines is 1. The highest BCUT2D eigenvalue weighted by molar-refractivity contribution is 7.20. The van der Waals surface area contributed by atoms with Crippen LogP contribution in [0.3, 0.4) is 0 Å². The summed E-state index contributed by atoms with van der Waals surface area (Å²) in [7, 11) is 0. The lowest BCUT2D eigenvalue weighted by Gasteiger charge is -2.13. The van der Waals surface area contributed by atoms with Crippen LogP contribution in [0.2, 0.25) is 0 Å². The van der Waals surface area contributed by atoms with Crippen molar-refractivity contribution in [2.45, 2.75) is 13.8 Å². The van der Waals surface area contributed by atoms with E-state index in [1.54, 1.807) is 16.3 Å². The number of amides is 1. The summed E-state index contributed by atoms with van der Waals surface area (Å²) < 4.78 is 1.73. The predicted octanol–water partition coefficient (Wildman–Crippen LogP) is 2.83. The molecule has 3 aromatic rings. The fraction of sp³-hybridized carbons (Fsp3) is 0.214. The largest absolute Gasteiger partial charge is 0.287 e. The Bertz CT molecular complexity index is 715. The summed E-state index contributed by atoms with van der Waals surface area (Å²) in [5.41, 5.74) is 1.95. The third kappa shape index (κ3) is 2.18. The van der Waals surface area contributed by atoms with E-state index in [-0.39, 0.29) is 5.91 Å². The minimum atomic E-state index is -0.00668. The highest BCUT2D eigenvalue weighted by Gasteiger charge is 2.16. The molecule has 0 saturated heterocycles. The van der Waals surface area contributed by atoms with E-state index in [2.05, 4.69) is 10.1 Å². The highest BCUT2D eigenvalue weighted by Crippen LogP contribution is 2.26. The Morgan fingerprint density at radius 2 is 2.10 bits per heavy atom. The average molecular weight is 286 g/mol.